The Kier molecular flexibility index (Phi) is 3.55. The first kappa shape index (κ1) is 12.0. The minimum Gasteiger partial charge on any atom is -0.494 e. The second-order valence-corrected chi connectivity index (χ2v) is 5.70. The van der Waals surface area contributed by atoms with Crippen molar-refractivity contribution in [1.29, 1.82) is 0 Å². The van der Waals surface area contributed by atoms with Crippen molar-refractivity contribution in [2.24, 2.45) is 5.92 Å². The maximum Gasteiger partial charge on any atom is 0.119 e. The van der Waals surface area contributed by atoms with Crippen molar-refractivity contribution in [2.45, 2.75) is 51.0 Å². The number of aliphatic hydroxyl groups excluding tert-OH is 1. The van der Waals surface area contributed by atoms with Crippen LogP contribution in [0.3, 0.4) is 0 Å². The lowest BCUT2D eigenvalue weighted by Crippen LogP contribution is -2.04. The molecule has 0 amide bonds. The van der Waals surface area contributed by atoms with Gasteiger partial charge < -0.3 is 9.84 Å². The van der Waals surface area contributed by atoms with E-state index in [-0.39, 0.29) is 6.10 Å². The van der Waals surface area contributed by atoms with Gasteiger partial charge in [0.1, 0.15) is 5.75 Å². The van der Waals surface area contributed by atoms with Gasteiger partial charge in [-0.1, -0.05) is 31.7 Å². The molecular formula is C16H22O2. The minimum absolute atomic E-state index is 0.257. The van der Waals surface area contributed by atoms with E-state index >= 15 is 0 Å². The Labute approximate surface area is 109 Å². The number of ether oxygens (including phenoxy) is 1. The second-order valence-electron chi connectivity index (χ2n) is 5.70. The van der Waals surface area contributed by atoms with Gasteiger partial charge in [0.05, 0.1) is 12.7 Å². The summed E-state index contributed by atoms with van der Waals surface area (Å²) >= 11 is 0. The van der Waals surface area contributed by atoms with Gasteiger partial charge in [0, 0.05) is 0 Å². The van der Waals surface area contributed by atoms with Crippen LogP contribution < -0.4 is 4.74 Å². The molecule has 2 aliphatic carbocycles. The first-order chi connectivity index (χ1) is 8.83. The fourth-order valence-corrected chi connectivity index (χ4v) is 3.30. The Bertz CT molecular complexity index is 408. The number of benzene rings is 1. The van der Waals surface area contributed by atoms with Crippen LogP contribution in [-0.4, -0.2) is 11.7 Å². The molecule has 2 nitrogen and oxygen atoms in total. The average molecular weight is 246 g/mol. The molecular weight excluding hydrogens is 224 g/mol. The summed E-state index contributed by atoms with van der Waals surface area (Å²) in [5, 5.41) is 9.75. The quantitative estimate of drug-likeness (QED) is 0.879. The van der Waals surface area contributed by atoms with E-state index in [2.05, 4.69) is 6.07 Å². The highest BCUT2D eigenvalue weighted by Gasteiger charge is 2.20. The molecule has 1 N–H and O–H groups in total. The Morgan fingerprint density at radius 2 is 2.00 bits per heavy atom. The third-order valence-corrected chi connectivity index (χ3v) is 4.43. The van der Waals surface area contributed by atoms with Crippen molar-refractivity contribution in [3.8, 4) is 5.75 Å². The first-order valence-electron chi connectivity index (χ1n) is 7.26. The number of aryl methyl sites for hydroxylation is 1. The Morgan fingerprint density at radius 3 is 2.83 bits per heavy atom. The molecule has 0 heterocycles. The van der Waals surface area contributed by atoms with Gasteiger partial charge in [-0.3, -0.25) is 0 Å². The molecule has 18 heavy (non-hydrogen) atoms. The van der Waals surface area contributed by atoms with E-state index in [1.165, 1.54) is 37.7 Å². The van der Waals surface area contributed by atoms with Crippen LogP contribution in [0.1, 0.15) is 55.8 Å². The summed E-state index contributed by atoms with van der Waals surface area (Å²) in [7, 11) is 0. The van der Waals surface area contributed by atoms with Gasteiger partial charge in [-0.25, -0.2) is 0 Å². The molecule has 98 valence electrons. The average Bonchev–Trinajstić information content (AvgIpc) is 3.00. The topological polar surface area (TPSA) is 29.5 Å². The monoisotopic (exact) mass is 246 g/mol. The van der Waals surface area contributed by atoms with Crippen molar-refractivity contribution in [1.82, 2.24) is 0 Å². The van der Waals surface area contributed by atoms with E-state index in [0.717, 1.165) is 36.7 Å². The van der Waals surface area contributed by atoms with Gasteiger partial charge in [-0.05, 0) is 48.4 Å². The number of aliphatic hydroxyl groups is 1. The predicted molar refractivity (Wildman–Crippen MR) is 71.8 cm³/mol. The fourth-order valence-electron chi connectivity index (χ4n) is 3.30. The third kappa shape index (κ3) is 2.54. The number of rotatable bonds is 4. The minimum atomic E-state index is -0.257. The van der Waals surface area contributed by atoms with Gasteiger partial charge in [0.15, 0.2) is 0 Å². The van der Waals surface area contributed by atoms with E-state index in [1.54, 1.807) is 0 Å². The zero-order valence-electron chi connectivity index (χ0n) is 10.9. The van der Waals surface area contributed by atoms with Gasteiger partial charge in [0.25, 0.3) is 0 Å². The highest BCUT2D eigenvalue weighted by atomic mass is 16.5. The highest BCUT2D eigenvalue weighted by molar-refractivity contribution is 5.39. The third-order valence-electron chi connectivity index (χ3n) is 4.43. The summed E-state index contributed by atoms with van der Waals surface area (Å²) in [6.07, 6.45) is 8.37. The lowest BCUT2D eigenvalue weighted by atomic mass is 10.1. The Balaban J connectivity index is 1.53. The molecule has 1 saturated carbocycles. The fraction of sp³-hybridized carbons (Fsp3) is 0.625. The molecule has 0 radical (unpaired) electrons. The summed E-state index contributed by atoms with van der Waals surface area (Å²) < 4.78 is 5.85. The number of fused-ring (bicyclic) bond motifs is 1. The van der Waals surface area contributed by atoms with Crippen LogP contribution in [0, 0.1) is 5.92 Å². The predicted octanol–water partition coefficient (Wildman–Crippen LogP) is 3.63. The first-order valence-corrected chi connectivity index (χ1v) is 7.26. The molecule has 0 aliphatic heterocycles. The van der Waals surface area contributed by atoms with E-state index < -0.39 is 0 Å². The van der Waals surface area contributed by atoms with Crippen molar-refractivity contribution < 1.29 is 9.84 Å². The van der Waals surface area contributed by atoms with Crippen molar-refractivity contribution in [2.75, 3.05) is 6.61 Å². The zero-order valence-corrected chi connectivity index (χ0v) is 10.9. The highest BCUT2D eigenvalue weighted by Crippen LogP contribution is 2.33. The normalized spacial score (nSPS) is 23.3. The maximum absolute atomic E-state index is 9.75. The lowest BCUT2D eigenvalue weighted by molar-refractivity contribution is 0.180. The van der Waals surface area contributed by atoms with Crippen LogP contribution in [0.25, 0.3) is 0 Å². The van der Waals surface area contributed by atoms with Crippen LogP contribution in [0.4, 0.5) is 0 Å². The standard InChI is InChI=1S/C16H22O2/c17-16-8-5-13-11-14(6-7-15(13)16)18-10-9-12-3-1-2-4-12/h6-7,11-12,16-17H,1-5,8-10H2. The molecule has 1 fully saturated rings. The molecule has 1 aromatic rings. The molecule has 0 bridgehead atoms. The molecule has 2 aliphatic rings. The maximum atomic E-state index is 9.75. The summed E-state index contributed by atoms with van der Waals surface area (Å²) in [5.74, 6) is 1.86. The van der Waals surface area contributed by atoms with Crippen LogP contribution in [0.2, 0.25) is 0 Å². The van der Waals surface area contributed by atoms with Gasteiger partial charge in [-0.15, -0.1) is 0 Å². The van der Waals surface area contributed by atoms with E-state index in [9.17, 15) is 5.11 Å². The van der Waals surface area contributed by atoms with Gasteiger partial charge in [-0.2, -0.15) is 0 Å². The van der Waals surface area contributed by atoms with Crippen molar-refractivity contribution in [3.05, 3.63) is 29.3 Å². The number of hydrogen-bond acceptors (Lipinski definition) is 2. The van der Waals surface area contributed by atoms with Crippen LogP contribution in [0.15, 0.2) is 18.2 Å². The molecule has 0 spiro atoms. The lowest BCUT2D eigenvalue weighted by Gasteiger charge is -2.11. The van der Waals surface area contributed by atoms with E-state index in [0.29, 0.717) is 0 Å². The van der Waals surface area contributed by atoms with E-state index in [4.69, 9.17) is 4.74 Å². The SMILES string of the molecule is OC1CCc2cc(OCCC3CCCC3)ccc21. The van der Waals surface area contributed by atoms with Crippen LogP contribution in [0.5, 0.6) is 5.75 Å². The molecule has 1 aromatic carbocycles. The summed E-state index contributed by atoms with van der Waals surface area (Å²) in [4.78, 5) is 0. The van der Waals surface area contributed by atoms with Crippen molar-refractivity contribution >= 4 is 0 Å². The molecule has 0 aromatic heterocycles. The van der Waals surface area contributed by atoms with Crippen LogP contribution >= 0.6 is 0 Å². The van der Waals surface area contributed by atoms with Gasteiger partial charge in [0.2, 0.25) is 0 Å². The summed E-state index contributed by atoms with van der Waals surface area (Å²) in [5.41, 5.74) is 2.36. The second kappa shape index (κ2) is 5.31. The smallest absolute Gasteiger partial charge is 0.119 e. The number of hydrogen-bond donors (Lipinski definition) is 1. The molecule has 1 unspecified atom stereocenters. The Hall–Kier alpha value is -1.02. The molecule has 2 heteroatoms. The zero-order chi connectivity index (χ0) is 12.4. The summed E-state index contributed by atoms with van der Waals surface area (Å²) in [6.45, 7) is 0.839. The molecule has 0 saturated heterocycles. The van der Waals surface area contributed by atoms with E-state index in [1.807, 2.05) is 12.1 Å². The molecule has 3 rings (SSSR count). The van der Waals surface area contributed by atoms with Crippen LogP contribution in [-0.2, 0) is 6.42 Å². The summed E-state index contributed by atoms with van der Waals surface area (Å²) in [6, 6.07) is 6.14. The largest absolute Gasteiger partial charge is 0.494 e. The molecule has 1 atom stereocenters. The van der Waals surface area contributed by atoms with Gasteiger partial charge >= 0.3 is 0 Å². The van der Waals surface area contributed by atoms with Crippen molar-refractivity contribution in [3.63, 3.8) is 0 Å². The Morgan fingerprint density at radius 1 is 1.17 bits per heavy atom.